The van der Waals surface area contributed by atoms with Crippen LogP contribution < -0.4 is 0 Å². The lowest BCUT2D eigenvalue weighted by atomic mass is 9.88. The Bertz CT molecular complexity index is 367. The number of hydrogen-bond acceptors (Lipinski definition) is 0. The van der Waals surface area contributed by atoms with E-state index >= 15 is 0 Å². The van der Waals surface area contributed by atoms with Gasteiger partial charge in [-0.15, -0.1) is 0 Å². The molecule has 0 aromatic heterocycles. The van der Waals surface area contributed by atoms with Crippen molar-refractivity contribution in [2.75, 3.05) is 0 Å². The Morgan fingerprint density at radius 3 is 0.882 bits per heavy atom. The van der Waals surface area contributed by atoms with Crippen LogP contribution in [0.15, 0.2) is 0 Å². The normalized spacial score (nSPS) is 20.5. The summed E-state index contributed by atoms with van der Waals surface area (Å²) in [5.74, 6) is 5.13. The van der Waals surface area contributed by atoms with E-state index in [2.05, 4.69) is 76.2 Å². The molecule has 0 heterocycles. The zero-order valence-electron chi connectivity index (χ0n) is 26.4. The van der Waals surface area contributed by atoms with E-state index in [0.717, 1.165) is 29.6 Å². The average molecular weight is 481 g/mol. The van der Waals surface area contributed by atoms with Gasteiger partial charge in [-0.2, -0.15) is 0 Å². The molecule has 0 bridgehead atoms. The summed E-state index contributed by atoms with van der Waals surface area (Å²) in [6, 6.07) is 0. The highest BCUT2D eigenvalue weighted by atomic mass is 14.2. The van der Waals surface area contributed by atoms with Gasteiger partial charge in [0.15, 0.2) is 0 Å². The molecule has 0 aromatic rings. The van der Waals surface area contributed by atoms with Crippen molar-refractivity contribution < 1.29 is 0 Å². The molecule has 4 saturated carbocycles. The molecule has 0 N–H and O–H groups in total. The molecule has 0 nitrogen and oxygen atoms in total. The first-order valence-corrected chi connectivity index (χ1v) is 15.9. The first kappa shape index (κ1) is 36.2. The van der Waals surface area contributed by atoms with Crippen LogP contribution in [0.25, 0.3) is 0 Å². The molecule has 208 valence electrons. The van der Waals surface area contributed by atoms with Crippen molar-refractivity contribution in [2.45, 2.75) is 185 Å². The van der Waals surface area contributed by atoms with Crippen molar-refractivity contribution in [2.24, 2.45) is 35.0 Å². The van der Waals surface area contributed by atoms with Crippen LogP contribution in [0.2, 0.25) is 0 Å². The number of hydrogen-bond donors (Lipinski definition) is 0. The third kappa shape index (κ3) is 34.2. The van der Waals surface area contributed by atoms with E-state index in [1.165, 1.54) is 109 Å². The monoisotopic (exact) mass is 481 g/mol. The second-order valence-corrected chi connectivity index (χ2v) is 13.9. The molecule has 0 atom stereocenters. The Hall–Kier alpha value is 0. The highest BCUT2D eigenvalue weighted by Gasteiger charge is 2.12. The molecule has 0 aliphatic heterocycles. The summed E-state index contributed by atoms with van der Waals surface area (Å²) in [7, 11) is 0. The summed E-state index contributed by atoms with van der Waals surface area (Å²) in [4.78, 5) is 0. The molecule has 0 amide bonds. The predicted molar refractivity (Wildman–Crippen MR) is 161 cm³/mol. The highest BCUT2D eigenvalue weighted by molar-refractivity contribution is 4.65. The van der Waals surface area contributed by atoms with Crippen LogP contribution in [-0.4, -0.2) is 0 Å². The Balaban J connectivity index is 0. The zero-order valence-corrected chi connectivity index (χ0v) is 26.4. The molecule has 0 saturated heterocycles. The largest absolute Gasteiger partial charge is 0.0654 e. The van der Waals surface area contributed by atoms with Crippen LogP contribution in [0.4, 0.5) is 0 Å². The minimum absolute atomic E-state index is 0.542. The highest BCUT2D eigenvalue weighted by Crippen LogP contribution is 2.27. The van der Waals surface area contributed by atoms with E-state index in [0.29, 0.717) is 5.41 Å². The van der Waals surface area contributed by atoms with Gasteiger partial charge in [-0.25, -0.2) is 0 Å². The fraction of sp³-hybridized carbons (Fsp3) is 1.00. The Labute approximate surface area is 220 Å². The molecule has 4 aliphatic carbocycles. The van der Waals surface area contributed by atoms with Gasteiger partial charge in [-0.3, -0.25) is 0 Å². The lowest BCUT2D eigenvalue weighted by Crippen LogP contribution is -2.04. The summed E-state index contributed by atoms with van der Waals surface area (Å²) in [5, 5.41) is 0. The van der Waals surface area contributed by atoms with E-state index in [9.17, 15) is 0 Å². The average Bonchev–Trinajstić information content (AvgIpc) is 3.38. The Kier molecular flexibility index (Phi) is 24.9. The summed E-state index contributed by atoms with van der Waals surface area (Å²) < 4.78 is 0. The molecule has 4 rings (SSSR count). The van der Waals surface area contributed by atoms with Gasteiger partial charge >= 0.3 is 0 Å². The minimum atomic E-state index is 0.542. The molecular weight excluding hydrogens is 408 g/mol. The second-order valence-electron chi connectivity index (χ2n) is 13.9. The van der Waals surface area contributed by atoms with Gasteiger partial charge in [0.1, 0.15) is 0 Å². The summed E-state index contributed by atoms with van der Waals surface area (Å²) in [6.07, 6.45) is 24.8. The molecule has 4 aliphatic rings. The van der Waals surface area contributed by atoms with Gasteiger partial charge in [0.2, 0.25) is 0 Å². The molecule has 4 fully saturated rings. The van der Waals surface area contributed by atoms with Crippen molar-refractivity contribution in [3.05, 3.63) is 0 Å². The Morgan fingerprint density at radius 1 is 0.529 bits per heavy atom. The summed E-state index contributed by atoms with van der Waals surface area (Å²) >= 11 is 0. The van der Waals surface area contributed by atoms with Crippen molar-refractivity contribution in [1.82, 2.24) is 0 Å². The summed E-state index contributed by atoms with van der Waals surface area (Å²) in [5.41, 5.74) is 0.542. The third-order valence-corrected chi connectivity index (χ3v) is 7.72. The van der Waals surface area contributed by atoms with E-state index in [-0.39, 0.29) is 0 Å². The molecule has 0 unspecified atom stereocenters. The van der Waals surface area contributed by atoms with Gasteiger partial charge in [-0.05, 0) is 35.0 Å². The lowest BCUT2D eigenvalue weighted by Gasteiger charge is -2.18. The SMILES string of the molecule is CC1CC1.CC1CCC1.CC1CCCC1.CC1CCCCC1.CCC(C)(C)C.CCCC(C)C. The van der Waals surface area contributed by atoms with Crippen molar-refractivity contribution in [3.8, 4) is 0 Å². The fourth-order valence-corrected chi connectivity index (χ4v) is 3.79. The van der Waals surface area contributed by atoms with Crippen LogP contribution in [0.1, 0.15) is 185 Å². The maximum atomic E-state index is 2.36. The van der Waals surface area contributed by atoms with E-state index < -0.39 is 0 Å². The zero-order chi connectivity index (χ0) is 26.4. The topological polar surface area (TPSA) is 0 Å². The van der Waals surface area contributed by atoms with Crippen molar-refractivity contribution in [3.63, 3.8) is 0 Å². The second kappa shape index (κ2) is 23.4. The fourth-order valence-electron chi connectivity index (χ4n) is 3.79. The van der Waals surface area contributed by atoms with Crippen LogP contribution in [0.5, 0.6) is 0 Å². The standard InChI is InChI=1S/C7H14.C6H12.2C6H14.C5H10.C4H8/c1-7-5-3-2-4-6-7;1-6-4-2-3-5-6;1-5-6(2,3)4;1-4-5-6(2)3;1-5-3-2-4-5;1-4-2-3-4/h7H,2-6H2,1H3;6H,2-5H2,1H3;5H2,1-4H3;6H,4-5H2,1-3H3;5H,2-4H2,1H3;4H,2-3H2,1H3. The third-order valence-electron chi connectivity index (χ3n) is 7.72. The summed E-state index contributed by atoms with van der Waals surface area (Å²) in [6.45, 7) is 25.0. The predicted octanol–water partition coefficient (Wildman–Crippen LogP) is 12.9. The van der Waals surface area contributed by atoms with Gasteiger partial charge in [0, 0.05) is 0 Å². The van der Waals surface area contributed by atoms with Crippen molar-refractivity contribution >= 4 is 0 Å². The van der Waals surface area contributed by atoms with E-state index in [4.69, 9.17) is 0 Å². The Morgan fingerprint density at radius 2 is 0.824 bits per heavy atom. The first-order chi connectivity index (χ1) is 15.9. The molecule has 34 heavy (non-hydrogen) atoms. The van der Waals surface area contributed by atoms with Crippen LogP contribution in [0.3, 0.4) is 0 Å². The maximum Gasteiger partial charge on any atom is -0.0385 e. The maximum absolute atomic E-state index is 2.36. The van der Waals surface area contributed by atoms with Crippen LogP contribution in [0, 0.1) is 35.0 Å². The molecule has 0 radical (unpaired) electrons. The van der Waals surface area contributed by atoms with Crippen LogP contribution in [-0.2, 0) is 0 Å². The van der Waals surface area contributed by atoms with Crippen LogP contribution >= 0.6 is 0 Å². The van der Waals surface area contributed by atoms with Gasteiger partial charge < -0.3 is 0 Å². The molecular formula is C34H72. The van der Waals surface area contributed by atoms with Gasteiger partial charge in [-0.1, -0.05) is 185 Å². The van der Waals surface area contributed by atoms with Gasteiger partial charge in [0.05, 0.1) is 0 Å². The van der Waals surface area contributed by atoms with Gasteiger partial charge in [0.25, 0.3) is 0 Å². The first-order valence-electron chi connectivity index (χ1n) is 15.9. The number of rotatable bonds is 2. The molecule has 0 aromatic carbocycles. The van der Waals surface area contributed by atoms with Crippen molar-refractivity contribution in [1.29, 1.82) is 0 Å². The quantitative estimate of drug-likeness (QED) is 0.368. The van der Waals surface area contributed by atoms with E-state index in [1.54, 1.807) is 0 Å². The molecule has 0 heteroatoms. The van der Waals surface area contributed by atoms with E-state index in [1.807, 2.05) is 0 Å². The minimum Gasteiger partial charge on any atom is -0.0654 e. The molecule has 0 spiro atoms. The lowest BCUT2D eigenvalue weighted by molar-refractivity contribution is 0.346. The smallest absolute Gasteiger partial charge is 0.0385 e.